The number of ether oxygens (including phenoxy) is 1. The van der Waals surface area contributed by atoms with Crippen LogP contribution >= 0.6 is 11.3 Å². The highest BCUT2D eigenvalue weighted by Gasteiger charge is 2.31. The maximum absolute atomic E-state index is 12.9. The van der Waals surface area contributed by atoms with Crippen molar-refractivity contribution in [3.63, 3.8) is 0 Å². The van der Waals surface area contributed by atoms with Crippen LogP contribution in [0.2, 0.25) is 0 Å². The Morgan fingerprint density at radius 1 is 1.22 bits per heavy atom. The van der Waals surface area contributed by atoms with E-state index in [4.69, 9.17) is 4.74 Å². The maximum Gasteiger partial charge on any atom is 0.261 e. The van der Waals surface area contributed by atoms with Crippen LogP contribution in [0.5, 0.6) is 5.75 Å². The standard InChI is InChI=1S/C26H31N3O2S/c1-18-19(2)23(31-3)12-11-20(18)16-29-14-6-8-21(17-29)25(22-9-4-5-13-27-22)28-26(30)24-10-7-15-32-24/h4-5,7,9-13,15,21,25H,6,8,14,16-17H2,1-3H3,(H,28,30). The number of thiophene rings is 1. The van der Waals surface area contributed by atoms with Crippen LogP contribution in [0.25, 0.3) is 0 Å². The number of nitrogens with zero attached hydrogens (tertiary/aromatic N) is 2. The van der Waals surface area contributed by atoms with E-state index < -0.39 is 0 Å². The predicted molar refractivity (Wildman–Crippen MR) is 129 cm³/mol. The van der Waals surface area contributed by atoms with Gasteiger partial charge in [-0.3, -0.25) is 14.7 Å². The van der Waals surface area contributed by atoms with Crippen LogP contribution in [0.15, 0.2) is 54.0 Å². The van der Waals surface area contributed by atoms with Crippen molar-refractivity contribution < 1.29 is 9.53 Å². The molecule has 0 spiro atoms. The first-order valence-corrected chi connectivity index (χ1v) is 12.1. The molecule has 2 unspecified atom stereocenters. The van der Waals surface area contributed by atoms with Crippen LogP contribution in [0.3, 0.4) is 0 Å². The molecule has 4 rings (SSSR count). The van der Waals surface area contributed by atoms with Crippen LogP contribution in [0.4, 0.5) is 0 Å². The number of hydrogen-bond donors (Lipinski definition) is 1. The van der Waals surface area contributed by atoms with Crippen molar-refractivity contribution in [2.24, 2.45) is 5.92 Å². The van der Waals surface area contributed by atoms with Crippen LogP contribution in [-0.4, -0.2) is 36.0 Å². The molecule has 168 valence electrons. The van der Waals surface area contributed by atoms with Gasteiger partial charge in [0, 0.05) is 19.3 Å². The first-order valence-electron chi connectivity index (χ1n) is 11.2. The smallest absolute Gasteiger partial charge is 0.261 e. The molecule has 1 aliphatic rings. The second kappa shape index (κ2) is 10.3. The fourth-order valence-corrected chi connectivity index (χ4v) is 5.23. The van der Waals surface area contributed by atoms with E-state index in [1.165, 1.54) is 28.0 Å². The van der Waals surface area contributed by atoms with E-state index in [9.17, 15) is 4.79 Å². The van der Waals surface area contributed by atoms with Gasteiger partial charge in [0.1, 0.15) is 5.75 Å². The van der Waals surface area contributed by atoms with Gasteiger partial charge in [-0.05, 0) is 85.5 Å². The first kappa shape index (κ1) is 22.5. The van der Waals surface area contributed by atoms with Crippen molar-refractivity contribution >= 4 is 17.2 Å². The van der Waals surface area contributed by atoms with E-state index in [0.717, 1.165) is 48.8 Å². The quantitative estimate of drug-likeness (QED) is 0.542. The highest BCUT2D eigenvalue weighted by atomic mass is 32.1. The maximum atomic E-state index is 12.9. The SMILES string of the molecule is COc1ccc(CN2CCCC(C(NC(=O)c3cccs3)c3ccccn3)C2)c(C)c1C. The molecular formula is C26H31N3O2S. The molecule has 1 aliphatic heterocycles. The summed E-state index contributed by atoms with van der Waals surface area (Å²) in [5.41, 5.74) is 4.76. The number of benzene rings is 1. The Morgan fingerprint density at radius 2 is 2.09 bits per heavy atom. The van der Waals surface area contributed by atoms with Gasteiger partial charge in [-0.1, -0.05) is 18.2 Å². The lowest BCUT2D eigenvalue weighted by Crippen LogP contribution is -2.43. The summed E-state index contributed by atoms with van der Waals surface area (Å²) in [6, 6.07) is 13.9. The molecule has 1 amide bonds. The highest BCUT2D eigenvalue weighted by molar-refractivity contribution is 7.12. The fraction of sp³-hybridized carbons (Fsp3) is 0.385. The number of pyridine rings is 1. The largest absolute Gasteiger partial charge is 0.496 e. The summed E-state index contributed by atoms with van der Waals surface area (Å²) in [4.78, 5) is 20.7. The topological polar surface area (TPSA) is 54.5 Å². The van der Waals surface area contributed by atoms with Crippen molar-refractivity contribution in [3.05, 3.63) is 81.3 Å². The second-order valence-corrected chi connectivity index (χ2v) is 9.45. The van der Waals surface area contributed by atoms with Crippen molar-refractivity contribution in [3.8, 4) is 5.75 Å². The lowest BCUT2D eigenvalue weighted by molar-refractivity contribution is 0.0879. The van der Waals surface area contributed by atoms with Gasteiger partial charge in [-0.2, -0.15) is 0 Å². The summed E-state index contributed by atoms with van der Waals surface area (Å²) in [6.45, 7) is 7.19. The lowest BCUT2D eigenvalue weighted by Gasteiger charge is -2.37. The molecule has 0 saturated carbocycles. The van der Waals surface area contributed by atoms with Crippen LogP contribution in [0, 0.1) is 19.8 Å². The predicted octanol–water partition coefficient (Wildman–Crippen LogP) is 5.15. The van der Waals surface area contributed by atoms with Gasteiger partial charge in [0.2, 0.25) is 0 Å². The number of methoxy groups -OCH3 is 1. The minimum absolute atomic E-state index is 0.0191. The third-order valence-electron chi connectivity index (χ3n) is 6.51. The van der Waals surface area contributed by atoms with Crippen LogP contribution in [-0.2, 0) is 6.54 Å². The monoisotopic (exact) mass is 449 g/mol. The molecule has 1 N–H and O–H groups in total. The zero-order valence-corrected chi connectivity index (χ0v) is 19.8. The van der Waals surface area contributed by atoms with E-state index in [0.29, 0.717) is 5.92 Å². The van der Waals surface area contributed by atoms with Crippen molar-refractivity contribution in [1.82, 2.24) is 15.2 Å². The van der Waals surface area contributed by atoms with Gasteiger partial charge in [0.05, 0.1) is 23.7 Å². The normalized spacial score (nSPS) is 17.7. The molecule has 6 heteroatoms. The number of likely N-dealkylation sites (tertiary alicyclic amines) is 1. The number of amides is 1. The Balaban J connectivity index is 1.52. The molecule has 3 aromatic rings. The third-order valence-corrected chi connectivity index (χ3v) is 7.38. The zero-order chi connectivity index (χ0) is 22.5. The molecule has 5 nitrogen and oxygen atoms in total. The Morgan fingerprint density at radius 3 is 2.81 bits per heavy atom. The van der Waals surface area contributed by atoms with Gasteiger partial charge in [0.25, 0.3) is 5.91 Å². The Hall–Kier alpha value is -2.70. The van der Waals surface area contributed by atoms with E-state index >= 15 is 0 Å². The second-order valence-electron chi connectivity index (χ2n) is 8.50. The summed E-state index contributed by atoms with van der Waals surface area (Å²) < 4.78 is 5.48. The fourth-order valence-electron chi connectivity index (χ4n) is 4.61. The molecule has 3 heterocycles. The van der Waals surface area contributed by atoms with Crippen molar-refractivity contribution in [2.45, 2.75) is 39.3 Å². The summed E-state index contributed by atoms with van der Waals surface area (Å²) in [5, 5.41) is 5.23. The van der Waals surface area contributed by atoms with Crippen molar-refractivity contribution in [1.29, 1.82) is 0 Å². The Bertz CT molecular complexity index is 1040. The van der Waals surface area contributed by atoms with E-state index in [1.807, 2.05) is 41.9 Å². The molecule has 2 aromatic heterocycles. The summed E-state index contributed by atoms with van der Waals surface area (Å²) in [7, 11) is 1.72. The highest BCUT2D eigenvalue weighted by Crippen LogP contribution is 2.31. The first-order chi connectivity index (χ1) is 15.6. The van der Waals surface area contributed by atoms with Gasteiger partial charge < -0.3 is 10.1 Å². The Labute approximate surface area is 194 Å². The molecule has 1 aromatic carbocycles. The summed E-state index contributed by atoms with van der Waals surface area (Å²) >= 11 is 1.47. The lowest BCUT2D eigenvalue weighted by atomic mass is 9.88. The minimum Gasteiger partial charge on any atom is -0.496 e. The number of carbonyl (C=O) groups is 1. The summed E-state index contributed by atoms with van der Waals surface area (Å²) in [6.07, 6.45) is 3.99. The van der Waals surface area contributed by atoms with Gasteiger partial charge in [0.15, 0.2) is 0 Å². The molecule has 0 bridgehead atoms. The number of piperidine rings is 1. The van der Waals surface area contributed by atoms with Gasteiger partial charge in [-0.25, -0.2) is 0 Å². The Kier molecular flexibility index (Phi) is 7.22. The number of hydrogen-bond acceptors (Lipinski definition) is 5. The van der Waals surface area contributed by atoms with E-state index in [1.54, 1.807) is 7.11 Å². The van der Waals surface area contributed by atoms with Gasteiger partial charge >= 0.3 is 0 Å². The number of nitrogens with one attached hydrogen (secondary N) is 1. The average Bonchev–Trinajstić information content (AvgIpc) is 3.37. The molecule has 2 atom stereocenters. The zero-order valence-electron chi connectivity index (χ0n) is 19.0. The molecular weight excluding hydrogens is 418 g/mol. The molecule has 1 fully saturated rings. The summed E-state index contributed by atoms with van der Waals surface area (Å²) in [5.74, 6) is 1.23. The average molecular weight is 450 g/mol. The number of carbonyl (C=O) groups excluding carboxylic acids is 1. The van der Waals surface area contributed by atoms with Crippen LogP contribution in [0.1, 0.15) is 50.9 Å². The van der Waals surface area contributed by atoms with E-state index in [2.05, 4.69) is 41.2 Å². The molecule has 1 saturated heterocycles. The minimum atomic E-state index is -0.104. The van der Waals surface area contributed by atoms with E-state index in [-0.39, 0.29) is 11.9 Å². The molecule has 0 radical (unpaired) electrons. The third kappa shape index (κ3) is 5.03. The van der Waals surface area contributed by atoms with Crippen molar-refractivity contribution in [2.75, 3.05) is 20.2 Å². The molecule has 0 aliphatic carbocycles. The van der Waals surface area contributed by atoms with Gasteiger partial charge in [-0.15, -0.1) is 11.3 Å². The van der Waals surface area contributed by atoms with Crippen LogP contribution < -0.4 is 10.1 Å². The number of aromatic nitrogens is 1. The number of rotatable bonds is 7. The molecule has 32 heavy (non-hydrogen) atoms.